The van der Waals surface area contributed by atoms with Crippen molar-refractivity contribution in [2.45, 2.75) is 13.0 Å². The van der Waals surface area contributed by atoms with Gasteiger partial charge in [0, 0.05) is 12.8 Å². The van der Waals surface area contributed by atoms with Gasteiger partial charge in [0.05, 0.1) is 11.4 Å². The van der Waals surface area contributed by atoms with Crippen LogP contribution in [0.15, 0.2) is 42.6 Å². The first-order chi connectivity index (χ1) is 9.33. The summed E-state index contributed by atoms with van der Waals surface area (Å²) in [5, 5.41) is 9.01. The number of aliphatic hydroxyl groups excluding tert-OH is 1. The molecule has 19 heavy (non-hydrogen) atoms. The van der Waals surface area contributed by atoms with Gasteiger partial charge in [-0.3, -0.25) is 10.8 Å². The highest BCUT2D eigenvalue weighted by Gasteiger charge is 2.03. The average Bonchev–Trinajstić information content (AvgIpc) is 2.47. The molecule has 0 bridgehead atoms. The highest BCUT2D eigenvalue weighted by molar-refractivity contribution is 5.41. The largest absolute Gasteiger partial charge is 0.487 e. The normalized spacial score (nSPS) is 10.2. The molecule has 0 aliphatic carbocycles. The van der Waals surface area contributed by atoms with E-state index in [4.69, 9.17) is 15.7 Å². The van der Waals surface area contributed by atoms with Crippen molar-refractivity contribution in [3.8, 4) is 5.75 Å². The van der Waals surface area contributed by atoms with Gasteiger partial charge in [-0.2, -0.15) is 0 Å². The average molecular weight is 259 g/mol. The van der Waals surface area contributed by atoms with E-state index in [9.17, 15) is 0 Å². The summed E-state index contributed by atoms with van der Waals surface area (Å²) in [6.45, 7) is 0.461. The Morgan fingerprint density at radius 2 is 2.11 bits per heavy atom. The van der Waals surface area contributed by atoms with E-state index in [1.807, 2.05) is 30.3 Å². The third-order valence-corrected chi connectivity index (χ3v) is 2.71. The van der Waals surface area contributed by atoms with E-state index in [0.717, 1.165) is 22.7 Å². The van der Waals surface area contributed by atoms with Crippen LogP contribution < -0.4 is 16.0 Å². The van der Waals surface area contributed by atoms with Crippen molar-refractivity contribution in [2.24, 2.45) is 5.84 Å². The highest BCUT2D eigenvalue weighted by Crippen LogP contribution is 2.19. The molecule has 0 atom stereocenters. The topological polar surface area (TPSA) is 80.4 Å². The molecule has 5 nitrogen and oxygen atoms in total. The van der Waals surface area contributed by atoms with Gasteiger partial charge in [0.2, 0.25) is 0 Å². The van der Waals surface area contributed by atoms with Gasteiger partial charge < -0.3 is 15.3 Å². The molecule has 100 valence electrons. The number of nitrogens with zero attached hydrogens (tertiary/aromatic N) is 1. The first-order valence-electron chi connectivity index (χ1n) is 6.06. The van der Waals surface area contributed by atoms with Crippen LogP contribution in [0.3, 0.4) is 0 Å². The molecule has 0 aliphatic heterocycles. The monoisotopic (exact) mass is 259 g/mol. The molecule has 4 N–H and O–H groups in total. The number of aliphatic hydroxyl groups is 1. The predicted octanol–water partition coefficient (Wildman–Crippen LogP) is 1.48. The fourth-order valence-electron chi connectivity index (χ4n) is 1.77. The number of nitrogen functional groups attached to an aromatic ring is 1. The molecule has 0 aliphatic rings. The highest BCUT2D eigenvalue weighted by atomic mass is 16.5. The number of hydrazine groups is 1. The van der Waals surface area contributed by atoms with Gasteiger partial charge in [-0.25, -0.2) is 0 Å². The second-order valence-electron chi connectivity index (χ2n) is 4.05. The Morgan fingerprint density at radius 1 is 1.26 bits per heavy atom. The summed E-state index contributed by atoms with van der Waals surface area (Å²) >= 11 is 0. The minimum Gasteiger partial charge on any atom is -0.487 e. The number of benzene rings is 1. The molecule has 0 fully saturated rings. The quantitative estimate of drug-likeness (QED) is 0.541. The molecule has 0 amide bonds. The third-order valence-electron chi connectivity index (χ3n) is 2.71. The molecule has 0 radical (unpaired) electrons. The lowest BCUT2D eigenvalue weighted by atomic mass is 10.1. The maximum atomic E-state index is 9.01. The molecule has 0 saturated heterocycles. The van der Waals surface area contributed by atoms with Gasteiger partial charge in [-0.15, -0.1) is 0 Å². The third kappa shape index (κ3) is 3.67. The Labute approximate surface area is 112 Å². The zero-order valence-electron chi connectivity index (χ0n) is 10.5. The Balaban J connectivity index is 2.05. The van der Waals surface area contributed by atoms with Gasteiger partial charge in [0.15, 0.2) is 0 Å². The van der Waals surface area contributed by atoms with E-state index in [1.165, 1.54) is 0 Å². The number of nitrogens with one attached hydrogen (secondary N) is 1. The van der Waals surface area contributed by atoms with Gasteiger partial charge in [-0.05, 0) is 30.2 Å². The zero-order chi connectivity index (χ0) is 13.5. The number of rotatable bonds is 6. The lowest BCUT2D eigenvalue weighted by molar-refractivity contribution is 0.282. The lowest BCUT2D eigenvalue weighted by Gasteiger charge is -2.10. The first kappa shape index (κ1) is 13.3. The lowest BCUT2D eigenvalue weighted by Crippen LogP contribution is -2.08. The first-order valence-corrected chi connectivity index (χ1v) is 6.06. The Bertz CT molecular complexity index is 532. The Hall–Kier alpha value is -2.11. The van der Waals surface area contributed by atoms with E-state index in [2.05, 4.69) is 10.4 Å². The molecular formula is C14H17N3O2. The van der Waals surface area contributed by atoms with Crippen LogP contribution >= 0.6 is 0 Å². The Kier molecular flexibility index (Phi) is 4.72. The van der Waals surface area contributed by atoms with E-state index in [0.29, 0.717) is 13.0 Å². The van der Waals surface area contributed by atoms with Crippen molar-refractivity contribution >= 4 is 5.69 Å². The molecule has 1 aromatic heterocycles. The summed E-state index contributed by atoms with van der Waals surface area (Å²) in [6.07, 6.45) is 2.25. The number of hydrogen-bond donors (Lipinski definition) is 3. The van der Waals surface area contributed by atoms with Crippen molar-refractivity contribution in [1.29, 1.82) is 0 Å². The van der Waals surface area contributed by atoms with Crippen molar-refractivity contribution in [1.82, 2.24) is 4.98 Å². The summed E-state index contributed by atoms with van der Waals surface area (Å²) in [6, 6.07) is 11.3. The van der Waals surface area contributed by atoms with E-state index in [1.54, 1.807) is 12.3 Å². The summed E-state index contributed by atoms with van der Waals surface area (Å²) in [5.41, 5.74) is 5.13. The van der Waals surface area contributed by atoms with E-state index >= 15 is 0 Å². The number of para-hydroxylation sites is 1. The number of aromatic nitrogens is 1. The molecule has 1 aromatic carbocycles. The minimum atomic E-state index is 0.102. The molecule has 0 saturated carbocycles. The molecular weight excluding hydrogens is 242 g/mol. The fourth-order valence-corrected chi connectivity index (χ4v) is 1.77. The van der Waals surface area contributed by atoms with Crippen molar-refractivity contribution in [3.05, 3.63) is 53.9 Å². The van der Waals surface area contributed by atoms with Gasteiger partial charge in [-0.1, -0.05) is 18.2 Å². The fraction of sp³-hybridized carbons (Fsp3) is 0.214. The van der Waals surface area contributed by atoms with Crippen LogP contribution in [0.25, 0.3) is 0 Å². The maximum absolute atomic E-state index is 9.01. The summed E-state index contributed by atoms with van der Waals surface area (Å²) in [5.74, 6) is 6.11. The minimum absolute atomic E-state index is 0.102. The number of ether oxygens (including phenoxy) is 1. The van der Waals surface area contributed by atoms with Gasteiger partial charge in [0.25, 0.3) is 0 Å². The summed E-state index contributed by atoms with van der Waals surface area (Å²) < 4.78 is 5.73. The van der Waals surface area contributed by atoms with Crippen LogP contribution in [0.2, 0.25) is 0 Å². The molecule has 0 spiro atoms. The van der Waals surface area contributed by atoms with Crippen LogP contribution in [0.1, 0.15) is 11.3 Å². The van der Waals surface area contributed by atoms with Gasteiger partial charge >= 0.3 is 0 Å². The van der Waals surface area contributed by atoms with E-state index < -0.39 is 0 Å². The predicted molar refractivity (Wildman–Crippen MR) is 73.6 cm³/mol. The summed E-state index contributed by atoms with van der Waals surface area (Å²) in [7, 11) is 0. The van der Waals surface area contributed by atoms with Crippen LogP contribution in [-0.4, -0.2) is 16.7 Å². The molecule has 5 heteroatoms. The zero-order valence-corrected chi connectivity index (χ0v) is 10.5. The van der Waals surface area contributed by atoms with Crippen molar-refractivity contribution in [3.63, 3.8) is 0 Å². The maximum Gasteiger partial charge on any atom is 0.130 e. The van der Waals surface area contributed by atoms with Crippen molar-refractivity contribution < 1.29 is 9.84 Å². The summed E-state index contributed by atoms with van der Waals surface area (Å²) in [4.78, 5) is 4.21. The van der Waals surface area contributed by atoms with Crippen LogP contribution in [-0.2, 0) is 13.0 Å². The SMILES string of the molecule is NNc1ccnc(COc2ccccc2CCO)c1. The number of nitrogens with two attached hydrogens (primary N) is 1. The van der Waals surface area contributed by atoms with Crippen LogP contribution in [0.5, 0.6) is 5.75 Å². The van der Waals surface area contributed by atoms with E-state index in [-0.39, 0.29) is 6.61 Å². The number of pyridine rings is 1. The number of anilines is 1. The second-order valence-corrected chi connectivity index (χ2v) is 4.05. The standard InChI is InChI=1S/C14H17N3O2/c15-17-12-5-7-16-13(9-12)10-19-14-4-2-1-3-11(14)6-8-18/h1-5,7,9,18H,6,8,10,15H2,(H,16,17). The molecule has 2 aromatic rings. The Morgan fingerprint density at radius 3 is 2.89 bits per heavy atom. The van der Waals surface area contributed by atoms with Crippen molar-refractivity contribution in [2.75, 3.05) is 12.0 Å². The van der Waals surface area contributed by atoms with Gasteiger partial charge in [0.1, 0.15) is 12.4 Å². The second kappa shape index (κ2) is 6.72. The number of hydrogen-bond acceptors (Lipinski definition) is 5. The molecule has 0 unspecified atom stereocenters. The smallest absolute Gasteiger partial charge is 0.130 e. The molecule has 2 rings (SSSR count). The van der Waals surface area contributed by atoms with Crippen LogP contribution in [0, 0.1) is 0 Å². The molecule has 1 heterocycles. The van der Waals surface area contributed by atoms with Crippen LogP contribution in [0.4, 0.5) is 5.69 Å².